The number of halogens is 1. The normalized spacial score (nSPS) is 11.3. The van der Waals surface area contributed by atoms with Crippen LogP contribution in [-0.4, -0.2) is 28.0 Å². The van der Waals surface area contributed by atoms with E-state index in [9.17, 15) is 12.8 Å². The van der Waals surface area contributed by atoms with Crippen LogP contribution in [0.4, 0.5) is 4.39 Å². The van der Waals surface area contributed by atoms with Crippen molar-refractivity contribution in [1.29, 1.82) is 0 Å². The molecule has 5 heteroatoms. The van der Waals surface area contributed by atoms with E-state index in [0.29, 0.717) is 0 Å². The van der Waals surface area contributed by atoms with Crippen molar-refractivity contribution in [2.75, 3.05) is 19.5 Å². The number of alkyl halides is 1. The Morgan fingerprint density at radius 1 is 1.36 bits per heavy atom. The van der Waals surface area contributed by atoms with Gasteiger partial charge in [0, 0.05) is 6.26 Å². The van der Waals surface area contributed by atoms with Crippen LogP contribution in [-0.2, 0) is 9.84 Å². The van der Waals surface area contributed by atoms with Gasteiger partial charge in [0.1, 0.15) is 23.9 Å². The van der Waals surface area contributed by atoms with Crippen LogP contribution in [0, 0.1) is 0 Å². The fraction of sp³-hybridized carbons (Fsp3) is 0.333. The molecule has 1 aromatic rings. The Kier molecular flexibility index (Phi) is 3.46. The number of rotatable bonds is 4. The lowest BCUT2D eigenvalue weighted by Crippen LogP contribution is -2.04. The van der Waals surface area contributed by atoms with Crippen molar-refractivity contribution in [3.05, 3.63) is 24.3 Å². The minimum Gasteiger partial charge on any atom is -0.489 e. The predicted molar refractivity (Wildman–Crippen MR) is 51.0 cm³/mol. The lowest BCUT2D eigenvalue weighted by atomic mass is 10.3. The zero-order valence-electron chi connectivity index (χ0n) is 7.73. The van der Waals surface area contributed by atoms with E-state index >= 15 is 0 Å². The molecule has 3 nitrogen and oxygen atoms in total. The molecule has 0 heterocycles. The van der Waals surface area contributed by atoms with Gasteiger partial charge in [-0.25, -0.2) is 12.8 Å². The Hall–Kier alpha value is -1.10. The third kappa shape index (κ3) is 2.70. The molecule has 0 fully saturated rings. The van der Waals surface area contributed by atoms with Crippen molar-refractivity contribution in [3.8, 4) is 5.75 Å². The predicted octanol–water partition coefficient (Wildman–Crippen LogP) is 1.44. The smallest absolute Gasteiger partial charge is 0.179 e. The number of benzene rings is 1. The van der Waals surface area contributed by atoms with E-state index in [2.05, 4.69) is 0 Å². The molecule has 0 saturated carbocycles. The van der Waals surface area contributed by atoms with Crippen molar-refractivity contribution in [1.82, 2.24) is 0 Å². The summed E-state index contributed by atoms with van der Waals surface area (Å²) in [4.78, 5) is 0.0912. The first-order valence-corrected chi connectivity index (χ1v) is 5.92. The van der Waals surface area contributed by atoms with Gasteiger partial charge in [-0.05, 0) is 12.1 Å². The molecule has 0 aliphatic carbocycles. The van der Waals surface area contributed by atoms with Crippen molar-refractivity contribution in [3.63, 3.8) is 0 Å². The van der Waals surface area contributed by atoms with Crippen LogP contribution in [0.25, 0.3) is 0 Å². The Bertz CT molecular complexity index is 400. The second-order valence-corrected chi connectivity index (χ2v) is 4.74. The van der Waals surface area contributed by atoms with Crippen molar-refractivity contribution in [2.24, 2.45) is 0 Å². The van der Waals surface area contributed by atoms with Crippen LogP contribution in [0.5, 0.6) is 5.75 Å². The summed E-state index contributed by atoms with van der Waals surface area (Å²) in [7, 11) is -3.31. The molecular weight excluding hydrogens is 207 g/mol. The number of sulfone groups is 1. The maximum atomic E-state index is 11.8. The maximum Gasteiger partial charge on any atom is 0.179 e. The summed E-state index contributed by atoms with van der Waals surface area (Å²) >= 11 is 0. The van der Waals surface area contributed by atoms with Crippen LogP contribution in [0.2, 0.25) is 0 Å². The standard InChI is InChI=1S/C9H11FO3S/c1-14(11,12)9-5-3-2-4-8(9)13-7-6-10/h2-5H,6-7H2,1H3. The molecule has 0 aromatic heterocycles. The maximum absolute atomic E-state index is 11.8. The highest BCUT2D eigenvalue weighted by molar-refractivity contribution is 7.90. The molecular formula is C9H11FO3S. The average molecular weight is 218 g/mol. The van der Waals surface area contributed by atoms with Gasteiger partial charge in [0.15, 0.2) is 9.84 Å². The molecule has 0 atom stereocenters. The van der Waals surface area contributed by atoms with Gasteiger partial charge < -0.3 is 4.74 Å². The average Bonchev–Trinajstić information content (AvgIpc) is 2.14. The van der Waals surface area contributed by atoms with Gasteiger partial charge >= 0.3 is 0 Å². The first-order chi connectivity index (χ1) is 6.55. The topological polar surface area (TPSA) is 43.4 Å². The van der Waals surface area contributed by atoms with Crippen molar-refractivity contribution in [2.45, 2.75) is 4.90 Å². The third-order valence-corrected chi connectivity index (χ3v) is 2.72. The molecule has 0 bridgehead atoms. The summed E-state index contributed by atoms with van der Waals surface area (Å²) < 4.78 is 39.3. The monoisotopic (exact) mass is 218 g/mol. The van der Waals surface area contributed by atoms with E-state index in [0.717, 1.165) is 6.26 Å². The largest absolute Gasteiger partial charge is 0.489 e. The summed E-state index contributed by atoms with van der Waals surface area (Å²) in [6, 6.07) is 6.18. The Morgan fingerprint density at radius 2 is 2.00 bits per heavy atom. The molecule has 78 valence electrons. The number of ether oxygens (including phenoxy) is 1. The molecule has 0 radical (unpaired) electrons. The second kappa shape index (κ2) is 4.41. The second-order valence-electron chi connectivity index (χ2n) is 2.76. The minimum absolute atomic E-state index is 0.0912. The Balaban J connectivity index is 3.04. The third-order valence-electron chi connectivity index (χ3n) is 1.58. The van der Waals surface area contributed by atoms with Crippen LogP contribution >= 0.6 is 0 Å². The molecule has 0 saturated heterocycles. The Morgan fingerprint density at radius 3 is 2.57 bits per heavy atom. The van der Waals surface area contributed by atoms with Gasteiger partial charge in [0.05, 0.1) is 0 Å². The first-order valence-electron chi connectivity index (χ1n) is 4.03. The van der Waals surface area contributed by atoms with Crippen LogP contribution < -0.4 is 4.74 Å². The molecule has 0 N–H and O–H groups in total. The molecule has 0 spiro atoms. The molecule has 0 amide bonds. The fourth-order valence-corrected chi connectivity index (χ4v) is 1.84. The fourth-order valence-electron chi connectivity index (χ4n) is 1.02. The van der Waals surface area contributed by atoms with E-state index in [1.165, 1.54) is 12.1 Å². The minimum atomic E-state index is -3.31. The van der Waals surface area contributed by atoms with Crippen molar-refractivity contribution >= 4 is 9.84 Å². The molecule has 0 aliphatic heterocycles. The molecule has 14 heavy (non-hydrogen) atoms. The van der Waals surface area contributed by atoms with Gasteiger partial charge in [-0.3, -0.25) is 0 Å². The van der Waals surface area contributed by atoms with Gasteiger partial charge in [-0.2, -0.15) is 0 Å². The summed E-state index contributed by atoms with van der Waals surface area (Å²) in [5.74, 6) is 0.202. The molecule has 0 unspecified atom stereocenters. The zero-order valence-corrected chi connectivity index (χ0v) is 8.55. The van der Waals surface area contributed by atoms with Gasteiger partial charge in [-0.15, -0.1) is 0 Å². The van der Waals surface area contributed by atoms with E-state index in [4.69, 9.17) is 4.74 Å². The van der Waals surface area contributed by atoms with Crippen LogP contribution in [0.15, 0.2) is 29.2 Å². The SMILES string of the molecule is CS(=O)(=O)c1ccccc1OCCF. The van der Waals surface area contributed by atoms with Crippen LogP contribution in [0.3, 0.4) is 0 Å². The zero-order chi connectivity index (χ0) is 10.6. The van der Waals surface area contributed by atoms with E-state index < -0.39 is 16.5 Å². The Labute approximate surface area is 82.4 Å². The number of para-hydroxylation sites is 1. The molecule has 0 aliphatic rings. The summed E-state index contributed by atoms with van der Waals surface area (Å²) in [5, 5.41) is 0. The first kappa shape index (κ1) is 11.0. The quantitative estimate of drug-likeness (QED) is 0.768. The lowest BCUT2D eigenvalue weighted by molar-refractivity contribution is 0.267. The summed E-state index contributed by atoms with van der Waals surface area (Å²) in [6.07, 6.45) is 1.09. The van der Waals surface area contributed by atoms with Gasteiger partial charge in [0.25, 0.3) is 0 Å². The summed E-state index contributed by atoms with van der Waals surface area (Å²) in [5.41, 5.74) is 0. The van der Waals surface area contributed by atoms with Crippen LogP contribution in [0.1, 0.15) is 0 Å². The highest BCUT2D eigenvalue weighted by Crippen LogP contribution is 2.22. The number of hydrogen-bond donors (Lipinski definition) is 0. The summed E-state index contributed by atoms with van der Waals surface area (Å²) in [6.45, 7) is -0.773. The van der Waals surface area contributed by atoms with Gasteiger partial charge in [-0.1, -0.05) is 12.1 Å². The number of hydrogen-bond acceptors (Lipinski definition) is 3. The van der Waals surface area contributed by atoms with E-state index in [-0.39, 0.29) is 17.3 Å². The lowest BCUT2D eigenvalue weighted by Gasteiger charge is -2.07. The van der Waals surface area contributed by atoms with Crippen molar-refractivity contribution < 1.29 is 17.5 Å². The molecule has 1 rings (SSSR count). The van der Waals surface area contributed by atoms with E-state index in [1.54, 1.807) is 12.1 Å². The highest BCUT2D eigenvalue weighted by atomic mass is 32.2. The highest BCUT2D eigenvalue weighted by Gasteiger charge is 2.12. The molecule has 1 aromatic carbocycles. The van der Waals surface area contributed by atoms with Gasteiger partial charge in [0.2, 0.25) is 0 Å². The van der Waals surface area contributed by atoms with E-state index in [1.807, 2.05) is 0 Å².